The molecule has 0 fully saturated rings. The molecule has 62 heavy (non-hydrogen) atoms. The number of aromatic nitrogens is 4. The summed E-state index contributed by atoms with van der Waals surface area (Å²) >= 11 is 0. The van der Waals surface area contributed by atoms with E-state index in [0.717, 1.165) is 126 Å². The highest BCUT2D eigenvalue weighted by Gasteiger charge is 2.25. The van der Waals surface area contributed by atoms with Gasteiger partial charge in [-0.3, -0.25) is 9.97 Å². The second kappa shape index (κ2) is 13.9. The number of fused-ring (bicyclic) bond motifs is 10. The minimum absolute atomic E-state index is 0.907. The average molecular weight is 797 g/mol. The van der Waals surface area contributed by atoms with Gasteiger partial charge in [0.2, 0.25) is 0 Å². The zero-order chi connectivity index (χ0) is 40.7. The fraction of sp³-hybridized carbons (Fsp3) is 0.107. The lowest BCUT2D eigenvalue weighted by molar-refractivity contribution is 0.767. The summed E-state index contributed by atoms with van der Waals surface area (Å²) in [6.45, 7) is 1.91. The fourth-order valence-electron chi connectivity index (χ4n) is 10.4. The van der Waals surface area contributed by atoms with Crippen molar-refractivity contribution in [1.29, 1.82) is 0 Å². The van der Waals surface area contributed by atoms with Gasteiger partial charge in [0.25, 0.3) is 0 Å². The van der Waals surface area contributed by atoms with Crippen molar-refractivity contribution in [3.8, 4) is 22.5 Å². The van der Waals surface area contributed by atoms with E-state index in [1.165, 1.54) is 33.9 Å². The van der Waals surface area contributed by atoms with E-state index in [4.69, 9.17) is 19.9 Å². The van der Waals surface area contributed by atoms with Gasteiger partial charge < -0.3 is 9.80 Å². The summed E-state index contributed by atoms with van der Waals surface area (Å²) in [5.41, 5.74) is 15.4. The SMILES string of the molecule is c1ccc2c(c1)CCCN2c1ccc2c(-c3ccc4ccc5cccnc5c4n3)c3cc(N4CCCc5ccccc54)ccc3c(-c3ccc4ccc5cccnc5c4n3)c2c1. The van der Waals surface area contributed by atoms with E-state index in [1.807, 2.05) is 24.5 Å². The van der Waals surface area contributed by atoms with Crippen LogP contribution in [0.3, 0.4) is 0 Å². The number of benzene rings is 7. The number of para-hydroxylation sites is 2. The highest BCUT2D eigenvalue weighted by molar-refractivity contribution is 6.22. The number of hydrogen-bond acceptors (Lipinski definition) is 6. The number of aryl methyl sites for hydroxylation is 2. The summed E-state index contributed by atoms with van der Waals surface area (Å²) in [6.07, 6.45) is 8.11. The third-order valence-electron chi connectivity index (χ3n) is 13.3. The maximum atomic E-state index is 5.56. The molecule has 0 radical (unpaired) electrons. The molecule has 2 aliphatic rings. The Labute approximate surface area is 358 Å². The van der Waals surface area contributed by atoms with Crippen LogP contribution in [0.2, 0.25) is 0 Å². The quantitative estimate of drug-likeness (QED) is 0.131. The molecule has 7 aromatic carbocycles. The van der Waals surface area contributed by atoms with E-state index < -0.39 is 0 Å². The van der Waals surface area contributed by atoms with Crippen LogP contribution in [0.4, 0.5) is 22.7 Å². The third kappa shape index (κ3) is 5.49. The van der Waals surface area contributed by atoms with E-state index in [9.17, 15) is 0 Å². The highest BCUT2D eigenvalue weighted by atomic mass is 15.1. The van der Waals surface area contributed by atoms with Gasteiger partial charge in [-0.05, 0) is 119 Å². The standard InChI is InChI=1S/C56H40N6/c1-3-15-49-35(9-1)13-7-31-61(49)41-23-25-43-45(33-41)51(47-27-21-39-19-17-37-11-5-29-57-53(37)55(39)59-47)44-26-24-42(62-32-8-14-36-10-2-4-16-50(36)62)34-46(44)52(43)48-28-22-40-20-18-38-12-6-30-58-54(38)56(40)60-48/h1-6,9-12,15-30,33-34H,7-8,13-14,31-32H2. The molecule has 0 atom stereocenters. The second-order valence-corrected chi connectivity index (χ2v) is 16.8. The molecular formula is C56H40N6. The van der Waals surface area contributed by atoms with Crippen molar-refractivity contribution in [2.24, 2.45) is 0 Å². The van der Waals surface area contributed by atoms with Crippen molar-refractivity contribution in [2.75, 3.05) is 22.9 Å². The van der Waals surface area contributed by atoms with Gasteiger partial charge in [0, 0.05) is 80.9 Å². The van der Waals surface area contributed by atoms with Crippen LogP contribution in [0, 0.1) is 0 Å². The first-order valence-electron chi connectivity index (χ1n) is 21.8. The molecule has 0 unspecified atom stereocenters. The van der Waals surface area contributed by atoms with Crippen molar-refractivity contribution in [3.63, 3.8) is 0 Å². The van der Waals surface area contributed by atoms with Crippen molar-refractivity contribution >= 4 is 87.9 Å². The molecule has 2 aliphatic heterocycles. The number of rotatable bonds is 4. The Morgan fingerprint density at radius 1 is 0.371 bits per heavy atom. The van der Waals surface area contributed by atoms with Crippen molar-refractivity contribution < 1.29 is 0 Å². The monoisotopic (exact) mass is 796 g/mol. The first-order chi connectivity index (χ1) is 30.7. The van der Waals surface area contributed by atoms with Gasteiger partial charge in [-0.2, -0.15) is 0 Å². The molecule has 6 heterocycles. The molecule has 0 bridgehead atoms. The molecule has 0 saturated carbocycles. The molecular weight excluding hydrogens is 757 g/mol. The van der Waals surface area contributed by atoms with Gasteiger partial charge in [0.1, 0.15) is 0 Å². The van der Waals surface area contributed by atoms with Crippen LogP contribution in [0.1, 0.15) is 24.0 Å². The largest absolute Gasteiger partial charge is 0.341 e. The van der Waals surface area contributed by atoms with Crippen LogP contribution in [-0.4, -0.2) is 33.0 Å². The van der Waals surface area contributed by atoms with Crippen LogP contribution >= 0.6 is 0 Å². The second-order valence-electron chi connectivity index (χ2n) is 16.8. The Balaban J connectivity index is 1.15. The molecule has 4 aromatic heterocycles. The lowest BCUT2D eigenvalue weighted by atomic mass is 9.87. The number of pyridine rings is 4. The number of anilines is 4. The zero-order valence-corrected chi connectivity index (χ0v) is 34.1. The lowest BCUT2D eigenvalue weighted by Crippen LogP contribution is -2.24. The smallest absolute Gasteiger partial charge is 0.0972 e. The van der Waals surface area contributed by atoms with E-state index in [2.05, 4.69) is 155 Å². The van der Waals surface area contributed by atoms with E-state index in [-0.39, 0.29) is 0 Å². The van der Waals surface area contributed by atoms with Crippen LogP contribution in [0.25, 0.3) is 87.7 Å². The summed E-state index contributed by atoms with van der Waals surface area (Å²) in [4.78, 5) is 25.8. The van der Waals surface area contributed by atoms with Crippen LogP contribution in [-0.2, 0) is 12.8 Å². The van der Waals surface area contributed by atoms with Gasteiger partial charge in [0.15, 0.2) is 0 Å². The summed E-state index contributed by atoms with van der Waals surface area (Å²) in [7, 11) is 0. The molecule has 0 aliphatic carbocycles. The van der Waals surface area contributed by atoms with Crippen molar-refractivity contribution in [1.82, 2.24) is 19.9 Å². The normalized spacial score (nSPS) is 14.0. The minimum Gasteiger partial charge on any atom is -0.341 e. The minimum atomic E-state index is 0.907. The Morgan fingerprint density at radius 3 is 1.29 bits per heavy atom. The van der Waals surface area contributed by atoms with Gasteiger partial charge >= 0.3 is 0 Å². The predicted octanol–water partition coefficient (Wildman–Crippen LogP) is 13.7. The Kier molecular flexibility index (Phi) is 7.89. The highest BCUT2D eigenvalue weighted by Crippen LogP contribution is 2.48. The summed E-state index contributed by atoms with van der Waals surface area (Å²) in [5, 5.41) is 8.86. The van der Waals surface area contributed by atoms with Crippen molar-refractivity contribution in [2.45, 2.75) is 25.7 Å². The van der Waals surface area contributed by atoms with Crippen LogP contribution < -0.4 is 9.80 Å². The van der Waals surface area contributed by atoms with Gasteiger partial charge in [-0.1, -0.05) is 97.1 Å². The maximum absolute atomic E-state index is 5.56. The van der Waals surface area contributed by atoms with Crippen LogP contribution in [0.15, 0.2) is 170 Å². The fourth-order valence-corrected chi connectivity index (χ4v) is 10.4. The average Bonchev–Trinajstić information content (AvgIpc) is 3.34. The van der Waals surface area contributed by atoms with Gasteiger partial charge in [0.05, 0.1) is 33.5 Å². The molecule has 0 saturated heterocycles. The van der Waals surface area contributed by atoms with Crippen molar-refractivity contribution in [3.05, 3.63) is 181 Å². The molecule has 294 valence electrons. The number of hydrogen-bond donors (Lipinski definition) is 0. The summed E-state index contributed by atoms with van der Waals surface area (Å²) in [5.74, 6) is 0. The summed E-state index contributed by atoms with van der Waals surface area (Å²) in [6, 6.07) is 57.6. The predicted molar refractivity (Wildman–Crippen MR) is 257 cm³/mol. The maximum Gasteiger partial charge on any atom is 0.0972 e. The molecule has 6 heteroatoms. The third-order valence-corrected chi connectivity index (χ3v) is 13.3. The van der Waals surface area contributed by atoms with Gasteiger partial charge in [-0.15, -0.1) is 0 Å². The number of nitrogens with zero attached hydrogens (tertiary/aromatic N) is 6. The Hall–Kier alpha value is -7.70. The van der Waals surface area contributed by atoms with Gasteiger partial charge in [-0.25, -0.2) is 9.97 Å². The molecule has 11 aromatic rings. The molecule has 0 N–H and O–H groups in total. The first-order valence-corrected chi connectivity index (χ1v) is 21.8. The first kappa shape index (κ1) is 35.1. The summed E-state index contributed by atoms with van der Waals surface area (Å²) < 4.78 is 0. The lowest BCUT2D eigenvalue weighted by Gasteiger charge is -2.32. The molecule has 0 amide bonds. The topological polar surface area (TPSA) is 58.0 Å². The Morgan fingerprint density at radius 2 is 0.806 bits per heavy atom. The zero-order valence-electron chi connectivity index (χ0n) is 34.1. The molecule has 6 nitrogen and oxygen atoms in total. The molecule has 13 rings (SSSR count). The van der Waals surface area contributed by atoms with Crippen LogP contribution in [0.5, 0.6) is 0 Å². The Bertz CT molecular complexity index is 3390. The van der Waals surface area contributed by atoms with E-state index >= 15 is 0 Å². The van der Waals surface area contributed by atoms with E-state index in [0.29, 0.717) is 0 Å². The molecule has 0 spiro atoms. The van der Waals surface area contributed by atoms with E-state index in [1.54, 1.807) is 0 Å².